The lowest BCUT2D eigenvalue weighted by molar-refractivity contribution is -0.140. The molecule has 1 N–H and O–H groups in total. The van der Waals surface area contributed by atoms with Crippen molar-refractivity contribution < 1.29 is 22.4 Å². The van der Waals surface area contributed by atoms with Crippen molar-refractivity contribution in [3.8, 4) is 0 Å². The summed E-state index contributed by atoms with van der Waals surface area (Å²) in [7, 11) is -3.90. The molecule has 0 saturated heterocycles. The van der Waals surface area contributed by atoms with E-state index in [1.165, 1.54) is 17.0 Å². The van der Waals surface area contributed by atoms with Crippen LogP contribution < -0.4 is 9.62 Å². The molecule has 218 valence electrons. The number of nitrogens with zero attached hydrogens (tertiary/aromatic N) is 2. The van der Waals surface area contributed by atoms with E-state index in [9.17, 15) is 22.4 Å². The van der Waals surface area contributed by atoms with Crippen molar-refractivity contribution in [1.29, 1.82) is 0 Å². The molecule has 1 aliphatic carbocycles. The Labute approximate surface area is 242 Å². The molecule has 3 aromatic rings. The van der Waals surface area contributed by atoms with Crippen LogP contribution in [-0.2, 0) is 32.6 Å². The first kappa shape index (κ1) is 30.2. The number of rotatable bonds is 11. The summed E-state index contributed by atoms with van der Waals surface area (Å²) in [6, 6.07) is 21.3. The number of sulfonamides is 1. The zero-order valence-corrected chi connectivity index (χ0v) is 24.4. The molecule has 41 heavy (non-hydrogen) atoms. The Morgan fingerprint density at radius 2 is 1.54 bits per heavy atom. The van der Waals surface area contributed by atoms with Gasteiger partial charge in [0.2, 0.25) is 21.8 Å². The summed E-state index contributed by atoms with van der Waals surface area (Å²) in [5.74, 6) is -1.30. The number of anilines is 1. The van der Waals surface area contributed by atoms with Gasteiger partial charge in [0, 0.05) is 19.0 Å². The highest BCUT2D eigenvalue weighted by Gasteiger charge is 2.34. The van der Waals surface area contributed by atoms with E-state index in [2.05, 4.69) is 5.32 Å². The van der Waals surface area contributed by atoms with Crippen LogP contribution in [0.4, 0.5) is 10.1 Å². The molecular formula is C32H38FN3O4S. The minimum absolute atomic E-state index is 0.0394. The fraction of sp³-hybridized carbons (Fsp3) is 0.375. The molecule has 1 saturated carbocycles. The van der Waals surface area contributed by atoms with Crippen LogP contribution in [0.25, 0.3) is 0 Å². The third kappa shape index (κ3) is 8.63. The number of halogens is 1. The monoisotopic (exact) mass is 579 g/mol. The maximum absolute atomic E-state index is 14.1. The number of hydrogen-bond acceptors (Lipinski definition) is 4. The fourth-order valence-corrected chi connectivity index (χ4v) is 6.06. The smallest absolute Gasteiger partial charge is 0.244 e. The third-order valence-corrected chi connectivity index (χ3v) is 8.63. The summed E-state index contributed by atoms with van der Waals surface area (Å²) in [5, 5.41) is 3.18. The lowest BCUT2D eigenvalue weighted by atomic mass is 9.94. The number of carbonyl (C=O) groups is 2. The van der Waals surface area contributed by atoms with Gasteiger partial charge in [0.05, 0.1) is 11.9 Å². The Morgan fingerprint density at radius 1 is 0.902 bits per heavy atom. The van der Waals surface area contributed by atoms with Crippen molar-refractivity contribution in [3.63, 3.8) is 0 Å². The molecule has 0 heterocycles. The van der Waals surface area contributed by atoms with Crippen molar-refractivity contribution in [1.82, 2.24) is 10.2 Å². The Balaban J connectivity index is 1.71. The SMILES string of the molecule is Cc1ccc(CN(C(=O)CN(c2ccc(F)cc2)S(C)(=O)=O)[C@@H](Cc2ccccc2)C(=O)NC2CCCCC2)cc1. The molecule has 0 aliphatic heterocycles. The minimum atomic E-state index is -3.90. The lowest BCUT2D eigenvalue weighted by Gasteiger charge is -2.35. The summed E-state index contributed by atoms with van der Waals surface area (Å²) >= 11 is 0. The summed E-state index contributed by atoms with van der Waals surface area (Å²) in [6.45, 7) is 1.56. The maximum atomic E-state index is 14.1. The number of carbonyl (C=O) groups excluding carboxylic acids is 2. The molecule has 9 heteroatoms. The van der Waals surface area contributed by atoms with Gasteiger partial charge in [-0.25, -0.2) is 12.8 Å². The van der Waals surface area contributed by atoms with Gasteiger partial charge in [-0.1, -0.05) is 79.4 Å². The molecule has 4 rings (SSSR count). The average Bonchev–Trinajstić information content (AvgIpc) is 2.95. The Kier molecular flexibility index (Phi) is 10.2. The van der Waals surface area contributed by atoms with Gasteiger partial charge in [0.25, 0.3) is 0 Å². The quantitative estimate of drug-likeness (QED) is 0.347. The second-order valence-electron chi connectivity index (χ2n) is 10.8. The van der Waals surface area contributed by atoms with E-state index in [0.717, 1.165) is 71.5 Å². The van der Waals surface area contributed by atoms with Crippen molar-refractivity contribution >= 4 is 27.5 Å². The predicted octanol–water partition coefficient (Wildman–Crippen LogP) is 4.99. The molecule has 1 aliphatic rings. The molecular weight excluding hydrogens is 541 g/mol. The number of nitrogens with one attached hydrogen (secondary N) is 1. The second kappa shape index (κ2) is 13.8. The first-order valence-corrected chi connectivity index (χ1v) is 15.9. The Hall–Kier alpha value is -3.72. The Bertz CT molecular complexity index is 1410. The van der Waals surface area contributed by atoms with E-state index in [0.29, 0.717) is 0 Å². The maximum Gasteiger partial charge on any atom is 0.244 e. The number of aryl methyl sites for hydroxylation is 1. The summed E-state index contributed by atoms with van der Waals surface area (Å²) in [5.41, 5.74) is 2.93. The summed E-state index contributed by atoms with van der Waals surface area (Å²) < 4.78 is 40.2. The lowest BCUT2D eigenvalue weighted by Crippen LogP contribution is -2.55. The van der Waals surface area contributed by atoms with Crippen molar-refractivity contribution in [2.75, 3.05) is 17.1 Å². The topological polar surface area (TPSA) is 86.8 Å². The number of amides is 2. The van der Waals surface area contributed by atoms with Gasteiger partial charge in [-0.3, -0.25) is 13.9 Å². The van der Waals surface area contributed by atoms with Crippen LogP contribution in [0.2, 0.25) is 0 Å². The van der Waals surface area contributed by atoms with E-state index in [1.54, 1.807) is 0 Å². The molecule has 0 spiro atoms. The van der Waals surface area contributed by atoms with Crippen LogP contribution in [0, 0.1) is 12.7 Å². The van der Waals surface area contributed by atoms with Gasteiger partial charge >= 0.3 is 0 Å². The predicted molar refractivity (Wildman–Crippen MR) is 159 cm³/mol. The molecule has 1 atom stereocenters. The molecule has 7 nitrogen and oxygen atoms in total. The zero-order chi connectivity index (χ0) is 29.4. The largest absolute Gasteiger partial charge is 0.352 e. The molecule has 1 fully saturated rings. The van der Waals surface area contributed by atoms with Gasteiger partial charge in [-0.15, -0.1) is 0 Å². The van der Waals surface area contributed by atoms with E-state index in [4.69, 9.17) is 0 Å². The molecule has 0 aromatic heterocycles. The first-order chi connectivity index (χ1) is 19.6. The van der Waals surface area contributed by atoms with Gasteiger partial charge < -0.3 is 10.2 Å². The van der Waals surface area contributed by atoms with Crippen molar-refractivity contribution in [2.45, 2.75) is 64.1 Å². The van der Waals surface area contributed by atoms with Gasteiger partial charge in [0.15, 0.2) is 0 Å². The van der Waals surface area contributed by atoms with Crippen LogP contribution in [0.3, 0.4) is 0 Å². The normalized spacial score (nSPS) is 14.7. The van der Waals surface area contributed by atoms with Crippen LogP contribution >= 0.6 is 0 Å². The Morgan fingerprint density at radius 3 is 2.15 bits per heavy atom. The van der Waals surface area contributed by atoms with Crippen LogP contribution in [0.1, 0.15) is 48.8 Å². The number of benzene rings is 3. The van der Waals surface area contributed by atoms with Crippen LogP contribution in [0.15, 0.2) is 78.9 Å². The summed E-state index contributed by atoms with van der Waals surface area (Å²) in [4.78, 5) is 29.5. The molecule has 3 aromatic carbocycles. The molecule has 0 unspecified atom stereocenters. The molecule has 0 radical (unpaired) electrons. The van der Waals surface area contributed by atoms with E-state index in [-0.39, 0.29) is 30.6 Å². The van der Waals surface area contributed by atoms with E-state index >= 15 is 0 Å². The standard InChI is InChI=1S/C32H38FN3O4S/c1-24-13-15-26(16-14-24)22-35(31(37)23-36(41(2,39)40)29-19-17-27(33)18-20-29)30(21-25-9-5-3-6-10-25)32(38)34-28-11-7-4-8-12-28/h3,5-6,9-10,13-20,28,30H,4,7-8,11-12,21-23H2,1-2H3,(H,34,38)/t30-/m0/s1. The molecule has 0 bridgehead atoms. The van der Waals surface area contributed by atoms with E-state index in [1.807, 2.05) is 61.5 Å². The number of hydrogen-bond donors (Lipinski definition) is 1. The van der Waals surface area contributed by atoms with Gasteiger partial charge in [-0.2, -0.15) is 0 Å². The first-order valence-electron chi connectivity index (χ1n) is 14.0. The summed E-state index contributed by atoms with van der Waals surface area (Å²) in [6.07, 6.45) is 6.28. The third-order valence-electron chi connectivity index (χ3n) is 7.49. The van der Waals surface area contributed by atoms with Crippen LogP contribution in [-0.4, -0.2) is 50.0 Å². The van der Waals surface area contributed by atoms with Gasteiger partial charge in [-0.05, 0) is 55.2 Å². The highest BCUT2D eigenvalue weighted by molar-refractivity contribution is 7.92. The van der Waals surface area contributed by atoms with Gasteiger partial charge in [0.1, 0.15) is 18.4 Å². The zero-order valence-electron chi connectivity index (χ0n) is 23.6. The van der Waals surface area contributed by atoms with Crippen LogP contribution in [0.5, 0.6) is 0 Å². The average molecular weight is 580 g/mol. The minimum Gasteiger partial charge on any atom is -0.352 e. The second-order valence-corrected chi connectivity index (χ2v) is 12.7. The van der Waals surface area contributed by atoms with E-state index < -0.39 is 34.3 Å². The highest BCUT2D eigenvalue weighted by Crippen LogP contribution is 2.22. The highest BCUT2D eigenvalue weighted by atomic mass is 32.2. The van der Waals surface area contributed by atoms with Crippen molar-refractivity contribution in [3.05, 3.63) is 101 Å². The fourth-order valence-electron chi connectivity index (χ4n) is 5.21. The van der Waals surface area contributed by atoms with Crippen molar-refractivity contribution in [2.24, 2.45) is 0 Å². The molecule has 2 amide bonds.